The molecule has 1 aromatic carbocycles. The molecule has 0 spiro atoms. The van der Waals surface area contributed by atoms with Crippen LogP contribution >= 0.6 is 11.6 Å². The first-order valence-corrected chi connectivity index (χ1v) is 7.11. The molecule has 2 aromatic rings. The predicted octanol–water partition coefficient (Wildman–Crippen LogP) is 1.37. The maximum atomic E-state index is 12.1. The zero-order valence-corrected chi connectivity index (χ0v) is 12.1. The summed E-state index contributed by atoms with van der Waals surface area (Å²) in [7, 11) is 2.06. The van der Waals surface area contributed by atoms with Crippen LogP contribution in [0, 0.1) is 0 Å². The quantitative estimate of drug-likeness (QED) is 0.897. The zero-order chi connectivity index (χ0) is 14.1. The van der Waals surface area contributed by atoms with Crippen LogP contribution in [-0.4, -0.2) is 41.0 Å². The van der Waals surface area contributed by atoms with Crippen molar-refractivity contribution in [2.75, 3.05) is 20.1 Å². The fourth-order valence-corrected chi connectivity index (χ4v) is 2.79. The molecule has 1 aromatic heterocycles. The monoisotopic (exact) mass is 292 g/mol. The average molecular weight is 293 g/mol. The lowest BCUT2D eigenvalue weighted by molar-refractivity contribution is 0.243. The second kappa shape index (κ2) is 5.52. The van der Waals surface area contributed by atoms with Crippen LogP contribution in [0.1, 0.15) is 12.2 Å². The molecule has 0 saturated carbocycles. The highest BCUT2D eigenvalue weighted by atomic mass is 35.5. The summed E-state index contributed by atoms with van der Waals surface area (Å²) in [5.41, 5.74) is 0.552. The van der Waals surface area contributed by atoms with E-state index in [1.165, 1.54) is 0 Å². The molecule has 6 heteroatoms. The molecule has 2 heterocycles. The highest BCUT2D eigenvalue weighted by Gasteiger charge is 2.19. The fraction of sp³-hybridized carbons (Fsp3) is 0.429. The topological polar surface area (TPSA) is 61.0 Å². The van der Waals surface area contributed by atoms with Gasteiger partial charge >= 0.3 is 0 Å². The lowest BCUT2D eigenvalue weighted by Crippen LogP contribution is -2.34. The van der Waals surface area contributed by atoms with Gasteiger partial charge in [0, 0.05) is 17.6 Å². The molecule has 0 bridgehead atoms. The Labute approximate surface area is 122 Å². The number of fused-ring (bicyclic) bond motifs is 1. The van der Waals surface area contributed by atoms with Crippen LogP contribution in [0.25, 0.3) is 10.9 Å². The minimum absolute atomic E-state index is 0.134. The van der Waals surface area contributed by atoms with Gasteiger partial charge in [-0.3, -0.25) is 9.69 Å². The van der Waals surface area contributed by atoms with E-state index in [2.05, 4.69) is 27.2 Å². The molecule has 106 valence electrons. The lowest BCUT2D eigenvalue weighted by atomic mass is 10.2. The van der Waals surface area contributed by atoms with Gasteiger partial charge in [-0.15, -0.1) is 0 Å². The van der Waals surface area contributed by atoms with Crippen molar-refractivity contribution in [1.29, 1.82) is 0 Å². The summed E-state index contributed by atoms with van der Waals surface area (Å²) in [6, 6.07) is 5.69. The Bertz CT molecular complexity index is 678. The number of aromatic nitrogens is 2. The molecule has 3 rings (SSSR count). The molecule has 1 aliphatic rings. The van der Waals surface area contributed by atoms with Gasteiger partial charge in [-0.05, 0) is 38.2 Å². The molecular weight excluding hydrogens is 276 g/mol. The van der Waals surface area contributed by atoms with E-state index in [0.29, 0.717) is 34.3 Å². The molecule has 0 amide bonds. The number of halogens is 1. The smallest absolute Gasteiger partial charge is 0.258 e. The van der Waals surface area contributed by atoms with E-state index in [9.17, 15) is 4.79 Å². The number of hydrogen-bond donors (Lipinski definition) is 2. The first kappa shape index (κ1) is 13.5. The minimum Gasteiger partial charge on any atom is -0.315 e. The van der Waals surface area contributed by atoms with E-state index >= 15 is 0 Å². The third-order valence-electron chi connectivity index (χ3n) is 3.77. The van der Waals surface area contributed by atoms with Crippen molar-refractivity contribution in [3.8, 4) is 0 Å². The van der Waals surface area contributed by atoms with Gasteiger partial charge in [0.2, 0.25) is 0 Å². The van der Waals surface area contributed by atoms with Crippen LogP contribution in [0.4, 0.5) is 0 Å². The number of hydrogen-bond acceptors (Lipinski definition) is 4. The maximum absolute atomic E-state index is 12.1. The summed E-state index contributed by atoms with van der Waals surface area (Å²) in [6.45, 7) is 2.68. The first-order valence-electron chi connectivity index (χ1n) is 6.73. The SMILES string of the molecule is CN(Cc1nc2ccc(Cl)cc2c(=O)[nH]1)C1CCNC1. The van der Waals surface area contributed by atoms with Gasteiger partial charge in [-0.2, -0.15) is 0 Å². The second-order valence-electron chi connectivity index (χ2n) is 5.24. The molecule has 1 aliphatic heterocycles. The first-order chi connectivity index (χ1) is 9.63. The molecule has 1 atom stereocenters. The minimum atomic E-state index is -0.134. The average Bonchev–Trinajstić information content (AvgIpc) is 2.94. The lowest BCUT2D eigenvalue weighted by Gasteiger charge is -2.22. The largest absolute Gasteiger partial charge is 0.315 e. The number of likely N-dealkylation sites (N-methyl/N-ethyl adjacent to an activating group) is 1. The Kier molecular flexibility index (Phi) is 3.74. The number of H-pyrrole nitrogens is 1. The van der Waals surface area contributed by atoms with Gasteiger partial charge in [0.15, 0.2) is 0 Å². The second-order valence-corrected chi connectivity index (χ2v) is 5.67. The zero-order valence-electron chi connectivity index (χ0n) is 11.3. The molecule has 1 unspecified atom stereocenters. The number of benzene rings is 1. The van der Waals surface area contributed by atoms with Crippen molar-refractivity contribution in [3.63, 3.8) is 0 Å². The molecule has 20 heavy (non-hydrogen) atoms. The maximum Gasteiger partial charge on any atom is 0.258 e. The summed E-state index contributed by atoms with van der Waals surface area (Å²) in [5.74, 6) is 0.694. The summed E-state index contributed by atoms with van der Waals surface area (Å²) in [6.07, 6.45) is 1.13. The normalized spacial score (nSPS) is 19.1. The summed E-state index contributed by atoms with van der Waals surface area (Å²) in [4.78, 5) is 21.6. The number of nitrogens with zero attached hydrogens (tertiary/aromatic N) is 2. The molecular formula is C14H17ClN4O. The van der Waals surface area contributed by atoms with Gasteiger partial charge in [0.1, 0.15) is 5.82 Å². The van der Waals surface area contributed by atoms with Crippen molar-refractivity contribution in [1.82, 2.24) is 20.2 Å². The number of nitrogens with one attached hydrogen (secondary N) is 2. The Morgan fingerprint density at radius 2 is 2.35 bits per heavy atom. The van der Waals surface area contributed by atoms with Crippen LogP contribution in [0.2, 0.25) is 5.02 Å². The Morgan fingerprint density at radius 3 is 3.10 bits per heavy atom. The van der Waals surface area contributed by atoms with Gasteiger partial charge in [-0.25, -0.2) is 4.98 Å². The molecule has 5 nitrogen and oxygen atoms in total. The van der Waals surface area contributed by atoms with Gasteiger partial charge in [0.25, 0.3) is 5.56 Å². The molecule has 1 saturated heterocycles. The Morgan fingerprint density at radius 1 is 1.50 bits per heavy atom. The van der Waals surface area contributed by atoms with E-state index in [1.54, 1.807) is 18.2 Å². The van der Waals surface area contributed by atoms with Crippen LogP contribution in [0.3, 0.4) is 0 Å². The van der Waals surface area contributed by atoms with Crippen molar-refractivity contribution in [2.45, 2.75) is 19.0 Å². The third kappa shape index (κ3) is 2.70. The fourth-order valence-electron chi connectivity index (χ4n) is 2.62. The Balaban J connectivity index is 1.88. The summed E-state index contributed by atoms with van der Waals surface area (Å²) >= 11 is 5.91. The summed E-state index contributed by atoms with van der Waals surface area (Å²) in [5, 5.41) is 4.42. The highest BCUT2D eigenvalue weighted by Crippen LogP contribution is 2.15. The Hall–Kier alpha value is -1.43. The van der Waals surface area contributed by atoms with Crippen molar-refractivity contribution in [2.24, 2.45) is 0 Å². The predicted molar refractivity (Wildman–Crippen MR) is 80.1 cm³/mol. The molecule has 2 N–H and O–H groups in total. The number of aromatic amines is 1. The van der Waals surface area contributed by atoms with Crippen LogP contribution in [0.5, 0.6) is 0 Å². The van der Waals surface area contributed by atoms with Crippen LogP contribution < -0.4 is 10.9 Å². The van der Waals surface area contributed by atoms with Crippen molar-refractivity contribution < 1.29 is 0 Å². The molecule has 0 aliphatic carbocycles. The third-order valence-corrected chi connectivity index (χ3v) is 4.01. The van der Waals surface area contributed by atoms with Crippen molar-refractivity contribution >= 4 is 22.5 Å². The van der Waals surface area contributed by atoms with E-state index < -0.39 is 0 Å². The van der Waals surface area contributed by atoms with Gasteiger partial charge in [0.05, 0.1) is 17.4 Å². The number of rotatable bonds is 3. The van der Waals surface area contributed by atoms with Crippen LogP contribution in [-0.2, 0) is 6.54 Å². The van der Waals surface area contributed by atoms with E-state index in [4.69, 9.17) is 11.6 Å². The van der Waals surface area contributed by atoms with Crippen molar-refractivity contribution in [3.05, 3.63) is 39.4 Å². The van der Waals surface area contributed by atoms with Crippen LogP contribution in [0.15, 0.2) is 23.0 Å². The summed E-state index contributed by atoms with van der Waals surface area (Å²) < 4.78 is 0. The highest BCUT2D eigenvalue weighted by molar-refractivity contribution is 6.31. The standard InChI is InChI=1S/C14H17ClN4O/c1-19(10-4-5-16-7-10)8-13-17-12-3-2-9(15)6-11(12)14(20)18-13/h2-3,6,10,16H,4-5,7-8H2,1H3,(H,17,18,20). The molecule has 1 fully saturated rings. The van der Waals surface area contributed by atoms with E-state index in [0.717, 1.165) is 19.5 Å². The van der Waals surface area contributed by atoms with E-state index in [-0.39, 0.29) is 5.56 Å². The van der Waals surface area contributed by atoms with Gasteiger partial charge < -0.3 is 10.3 Å². The molecule has 0 radical (unpaired) electrons. The van der Waals surface area contributed by atoms with Gasteiger partial charge in [-0.1, -0.05) is 11.6 Å². The van der Waals surface area contributed by atoms with E-state index in [1.807, 2.05) is 0 Å².